The number of aliphatic carboxylic acids is 1. The summed E-state index contributed by atoms with van der Waals surface area (Å²) in [5, 5.41) is 17.8. The van der Waals surface area contributed by atoms with Crippen molar-refractivity contribution in [3.63, 3.8) is 0 Å². The van der Waals surface area contributed by atoms with Crippen molar-refractivity contribution in [1.29, 1.82) is 0 Å². The van der Waals surface area contributed by atoms with Crippen LogP contribution in [0.1, 0.15) is 31.7 Å². The van der Waals surface area contributed by atoms with Gasteiger partial charge in [0.25, 0.3) is 0 Å². The van der Waals surface area contributed by atoms with Gasteiger partial charge in [-0.25, -0.2) is 13.1 Å². The summed E-state index contributed by atoms with van der Waals surface area (Å²) in [5.74, 6) is -0.880. The zero-order valence-electron chi connectivity index (χ0n) is 11.4. The topological polar surface area (TPSA) is 104 Å². The highest BCUT2D eigenvalue weighted by atomic mass is 32.2. The molecule has 0 aromatic heterocycles. The molecule has 0 aliphatic carbocycles. The Labute approximate surface area is 118 Å². The van der Waals surface area contributed by atoms with Crippen LogP contribution >= 0.6 is 0 Å². The summed E-state index contributed by atoms with van der Waals surface area (Å²) < 4.78 is 26.1. The van der Waals surface area contributed by atoms with Gasteiger partial charge >= 0.3 is 5.97 Å². The van der Waals surface area contributed by atoms with Crippen molar-refractivity contribution in [2.45, 2.75) is 37.2 Å². The molecule has 0 bridgehead atoms. The smallest absolute Gasteiger partial charge is 0.306 e. The molecule has 1 rings (SSSR count). The fraction of sp³-hybridized carbons (Fsp3) is 0.462. The van der Waals surface area contributed by atoms with Crippen LogP contribution in [0.15, 0.2) is 29.2 Å². The summed E-state index contributed by atoms with van der Waals surface area (Å²) in [7, 11) is -3.74. The monoisotopic (exact) mass is 301 g/mol. The summed E-state index contributed by atoms with van der Waals surface area (Å²) in [6, 6.07) is 6.43. The molecule has 0 aliphatic rings. The Balaban J connectivity index is 2.71. The first-order valence-corrected chi connectivity index (χ1v) is 7.70. The van der Waals surface area contributed by atoms with Crippen molar-refractivity contribution in [2.75, 3.05) is 6.54 Å². The Bertz CT molecular complexity index is 551. The molecule has 6 nitrogen and oxygen atoms in total. The molecule has 0 spiro atoms. The summed E-state index contributed by atoms with van der Waals surface area (Å²) in [5.41, 5.74) is 1.02. The first kappa shape index (κ1) is 16.6. The van der Waals surface area contributed by atoms with E-state index in [9.17, 15) is 18.3 Å². The Morgan fingerprint density at radius 2 is 1.80 bits per heavy atom. The van der Waals surface area contributed by atoms with Gasteiger partial charge < -0.3 is 10.2 Å². The lowest BCUT2D eigenvalue weighted by molar-refractivity contribution is -0.139. The van der Waals surface area contributed by atoms with Crippen molar-refractivity contribution in [2.24, 2.45) is 0 Å². The van der Waals surface area contributed by atoms with Crippen molar-refractivity contribution < 1.29 is 23.4 Å². The highest BCUT2D eigenvalue weighted by Gasteiger charge is 2.17. The van der Waals surface area contributed by atoms with E-state index in [0.717, 1.165) is 5.56 Å². The molecule has 7 heteroatoms. The second kappa shape index (κ2) is 6.83. The van der Waals surface area contributed by atoms with E-state index in [4.69, 9.17) is 5.11 Å². The third-order valence-corrected chi connectivity index (χ3v) is 4.22. The molecule has 0 aliphatic heterocycles. The molecule has 1 aromatic rings. The number of rotatable bonds is 7. The van der Waals surface area contributed by atoms with E-state index in [0.29, 0.717) is 5.92 Å². The molecule has 0 amide bonds. The van der Waals surface area contributed by atoms with Gasteiger partial charge in [0.2, 0.25) is 10.0 Å². The molecule has 1 atom stereocenters. The average Bonchev–Trinajstić information content (AvgIpc) is 2.36. The standard InChI is InChI=1S/C13H19NO5S/c1-9(2)10-3-5-12(6-4-10)20(18,19)14-8-11(15)7-13(16)17/h3-6,9,11,14-15H,7-8H2,1-2H3,(H,16,17). The minimum Gasteiger partial charge on any atom is -0.481 e. The van der Waals surface area contributed by atoms with Gasteiger partial charge in [-0.2, -0.15) is 0 Å². The molecule has 0 heterocycles. The summed E-state index contributed by atoms with van der Waals surface area (Å²) in [6.07, 6.45) is -1.76. The first-order chi connectivity index (χ1) is 9.22. The lowest BCUT2D eigenvalue weighted by Crippen LogP contribution is -2.33. The van der Waals surface area contributed by atoms with Crippen LogP contribution in [0.3, 0.4) is 0 Å². The average molecular weight is 301 g/mol. The van der Waals surface area contributed by atoms with Crippen LogP contribution in [0.4, 0.5) is 0 Å². The molecule has 1 aromatic carbocycles. The van der Waals surface area contributed by atoms with Gasteiger partial charge in [0, 0.05) is 6.54 Å². The highest BCUT2D eigenvalue weighted by molar-refractivity contribution is 7.89. The molecule has 0 saturated carbocycles. The quantitative estimate of drug-likeness (QED) is 0.695. The SMILES string of the molecule is CC(C)c1ccc(S(=O)(=O)NCC(O)CC(=O)O)cc1. The number of carboxylic acid groups (broad SMARTS) is 1. The van der Waals surface area contributed by atoms with Crippen LogP contribution < -0.4 is 4.72 Å². The van der Waals surface area contributed by atoms with Gasteiger partial charge in [-0.1, -0.05) is 26.0 Å². The minimum absolute atomic E-state index is 0.0874. The fourth-order valence-electron chi connectivity index (χ4n) is 1.59. The third kappa shape index (κ3) is 4.92. The second-order valence-corrected chi connectivity index (χ2v) is 6.59. The lowest BCUT2D eigenvalue weighted by Gasteiger charge is -2.11. The minimum atomic E-state index is -3.74. The number of carboxylic acids is 1. The zero-order chi connectivity index (χ0) is 15.3. The number of hydrogen-bond donors (Lipinski definition) is 3. The van der Waals surface area contributed by atoms with Crippen molar-refractivity contribution in [1.82, 2.24) is 4.72 Å². The van der Waals surface area contributed by atoms with E-state index in [-0.39, 0.29) is 11.4 Å². The van der Waals surface area contributed by atoms with E-state index < -0.39 is 28.5 Å². The van der Waals surface area contributed by atoms with Crippen LogP contribution in [0.25, 0.3) is 0 Å². The summed E-state index contributed by atoms with van der Waals surface area (Å²) >= 11 is 0. The maximum absolute atomic E-state index is 11.9. The van der Waals surface area contributed by atoms with E-state index in [1.807, 2.05) is 13.8 Å². The van der Waals surface area contributed by atoms with Gasteiger partial charge in [0.05, 0.1) is 17.4 Å². The van der Waals surface area contributed by atoms with Gasteiger partial charge in [-0.05, 0) is 23.6 Å². The zero-order valence-corrected chi connectivity index (χ0v) is 12.2. The predicted octanol–water partition coefficient (Wildman–Crippen LogP) is 0.924. The summed E-state index contributed by atoms with van der Waals surface area (Å²) in [4.78, 5) is 10.5. The number of nitrogens with one attached hydrogen (secondary N) is 1. The van der Waals surface area contributed by atoms with Crippen LogP contribution in [0.5, 0.6) is 0 Å². The number of aliphatic hydroxyl groups is 1. The fourth-order valence-corrected chi connectivity index (χ4v) is 2.67. The Morgan fingerprint density at radius 1 is 1.25 bits per heavy atom. The van der Waals surface area contributed by atoms with Crippen molar-refractivity contribution in [3.05, 3.63) is 29.8 Å². The van der Waals surface area contributed by atoms with Crippen LogP contribution in [0, 0.1) is 0 Å². The van der Waals surface area contributed by atoms with Crippen molar-refractivity contribution >= 4 is 16.0 Å². The molecule has 0 radical (unpaired) electrons. The predicted molar refractivity (Wildman–Crippen MR) is 74.0 cm³/mol. The van der Waals surface area contributed by atoms with E-state index in [1.54, 1.807) is 12.1 Å². The number of aliphatic hydroxyl groups excluding tert-OH is 1. The van der Waals surface area contributed by atoms with E-state index >= 15 is 0 Å². The number of sulfonamides is 1. The van der Waals surface area contributed by atoms with Crippen LogP contribution in [-0.4, -0.2) is 37.2 Å². The molecule has 1 unspecified atom stereocenters. The molecule has 0 saturated heterocycles. The van der Waals surface area contributed by atoms with Crippen LogP contribution in [0.2, 0.25) is 0 Å². The molecular weight excluding hydrogens is 282 g/mol. The van der Waals surface area contributed by atoms with Crippen molar-refractivity contribution in [3.8, 4) is 0 Å². The number of hydrogen-bond acceptors (Lipinski definition) is 4. The van der Waals surface area contributed by atoms with Gasteiger partial charge in [-0.3, -0.25) is 4.79 Å². The Kier molecular flexibility index (Phi) is 5.67. The number of benzene rings is 1. The molecule has 20 heavy (non-hydrogen) atoms. The van der Waals surface area contributed by atoms with E-state index in [2.05, 4.69) is 4.72 Å². The first-order valence-electron chi connectivity index (χ1n) is 6.22. The highest BCUT2D eigenvalue weighted by Crippen LogP contribution is 2.17. The summed E-state index contributed by atoms with van der Waals surface area (Å²) in [6.45, 7) is 3.68. The maximum Gasteiger partial charge on any atom is 0.306 e. The van der Waals surface area contributed by atoms with Crippen LogP contribution in [-0.2, 0) is 14.8 Å². The Morgan fingerprint density at radius 3 is 2.25 bits per heavy atom. The van der Waals surface area contributed by atoms with Gasteiger partial charge in [0.1, 0.15) is 0 Å². The van der Waals surface area contributed by atoms with Gasteiger partial charge in [-0.15, -0.1) is 0 Å². The van der Waals surface area contributed by atoms with E-state index in [1.165, 1.54) is 12.1 Å². The largest absolute Gasteiger partial charge is 0.481 e. The number of carbonyl (C=O) groups is 1. The Hall–Kier alpha value is -1.44. The molecule has 3 N–H and O–H groups in total. The van der Waals surface area contributed by atoms with Gasteiger partial charge in [0.15, 0.2) is 0 Å². The second-order valence-electron chi connectivity index (χ2n) is 4.83. The normalized spacial score (nSPS) is 13.4. The lowest BCUT2D eigenvalue weighted by atomic mass is 10.0. The third-order valence-electron chi connectivity index (χ3n) is 2.78. The maximum atomic E-state index is 11.9. The molecule has 112 valence electrons. The molecule has 0 fully saturated rings. The molecular formula is C13H19NO5S.